The first-order valence-corrected chi connectivity index (χ1v) is 12.4. The highest BCUT2D eigenvalue weighted by atomic mass is 16.5. The molecule has 2 aliphatic heterocycles. The van der Waals surface area contributed by atoms with E-state index >= 15 is 0 Å². The number of aliphatic imine (C=N–C) groups is 1. The molecular formula is C29H27N5O3. The minimum atomic E-state index is -0.846. The average Bonchev–Trinajstić information content (AvgIpc) is 3.35. The van der Waals surface area contributed by atoms with Crippen molar-refractivity contribution >= 4 is 23.2 Å². The maximum atomic E-state index is 13.2. The second-order valence-corrected chi connectivity index (χ2v) is 9.20. The molecule has 0 spiro atoms. The highest BCUT2D eigenvalue weighted by Crippen LogP contribution is 2.28. The fourth-order valence-corrected chi connectivity index (χ4v) is 4.86. The lowest BCUT2D eigenvalue weighted by Crippen LogP contribution is -2.36. The van der Waals surface area contributed by atoms with Gasteiger partial charge in [0, 0.05) is 41.9 Å². The van der Waals surface area contributed by atoms with E-state index in [1.54, 1.807) is 0 Å². The largest absolute Gasteiger partial charge is 0.403 e. The van der Waals surface area contributed by atoms with Gasteiger partial charge in [-0.2, -0.15) is 0 Å². The summed E-state index contributed by atoms with van der Waals surface area (Å²) in [5, 5.41) is 11.5. The zero-order valence-electron chi connectivity index (χ0n) is 20.6. The zero-order valence-corrected chi connectivity index (χ0v) is 20.6. The fourth-order valence-electron chi connectivity index (χ4n) is 4.86. The lowest BCUT2D eigenvalue weighted by Gasteiger charge is -2.30. The molecule has 8 nitrogen and oxygen atoms in total. The van der Waals surface area contributed by atoms with E-state index in [4.69, 9.17) is 14.1 Å². The Labute approximate surface area is 215 Å². The van der Waals surface area contributed by atoms with Gasteiger partial charge in [-0.1, -0.05) is 59.7 Å². The van der Waals surface area contributed by atoms with Gasteiger partial charge in [0.25, 0.3) is 0 Å². The van der Waals surface area contributed by atoms with Crippen molar-refractivity contribution in [3.63, 3.8) is 0 Å². The van der Waals surface area contributed by atoms with E-state index < -0.39 is 6.17 Å². The summed E-state index contributed by atoms with van der Waals surface area (Å²) >= 11 is 0. The van der Waals surface area contributed by atoms with Crippen molar-refractivity contribution in [2.24, 2.45) is 4.99 Å². The number of ketones is 1. The number of ether oxygens (including phenoxy) is 1. The number of anilines is 2. The summed E-state index contributed by atoms with van der Waals surface area (Å²) in [5.41, 5.74) is 6.72. The van der Waals surface area contributed by atoms with E-state index in [1.807, 2.05) is 66.7 Å². The summed E-state index contributed by atoms with van der Waals surface area (Å²) in [5.74, 6) is 0.319. The second-order valence-electron chi connectivity index (χ2n) is 9.20. The number of carbonyl (C=O) groups excluding carboxylic acids is 1. The van der Waals surface area contributed by atoms with Gasteiger partial charge in [-0.15, -0.1) is 5.10 Å². The van der Waals surface area contributed by atoms with Crippen molar-refractivity contribution in [3.05, 3.63) is 95.1 Å². The standard InChI is InChI=1S/C29H27N5O3/c1-19-17-22(11-12-24(19)34-13-15-36-16-14-34)28-32-33-29(37-28)31-27-25(35)18-21-9-5-6-10-23(21)26(30-27)20-7-3-2-4-8-20/h2-12,17,27H,13-16,18H2,1H3,(H,31,33)/t27-/m1/s1. The van der Waals surface area contributed by atoms with Gasteiger partial charge in [-0.3, -0.25) is 9.79 Å². The summed E-state index contributed by atoms with van der Waals surface area (Å²) in [6, 6.07) is 24.0. The van der Waals surface area contributed by atoms with Crippen LogP contribution in [0.15, 0.2) is 82.2 Å². The first-order chi connectivity index (χ1) is 18.2. The van der Waals surface area contributed by atoms with Gasteiger partial charge in [-0.25, -0.2) is 0 Å². The number of fused-ring (bicyclic) bond motifs is 1. The van der Waals surface area contributed by atoms with Crippen LogP contribution in [0.2, 0.25) is 0 Å². The number of hydrogen-bond acceptors (Lipinski definition) is 8. The molecule has 8 heteroatoms. The molecule has 186 valence electrons. The Hall–Kier alpha value is -4.30. The first kappa shape index (κ1) is 23.1. The van der Waals surface area contributed by atoms with E-state index in [2.05, 4.69) is 33.4 Å². The molecule has 1 fully saturated rings. The minimum Gasteiger partial charge on any atom is -0.403 e. The van der Waals surface area contributed by atoms with Crippen LogP contribution in [0, 0.1) is 6.92 Å². The third-order valence-electron chi connectivity index (χ3n) is 6.73. The highest BCUT2D eigenvalue weighted by molar-refractivity contribution is 6.16. The first-order valence-electron chi connectivity index (χ1n) is 12.4. The Bertz CT molecular complexity index is 1460. The molecule has 3 heterocycles. The number of aromatic nitrogens is 2. The number of morpholine rings is 1. The van der Waals surface area contributed by atoms with Crippen molar-refractivity contribution in [2.75, 3.05) is 36.5 Å². The predicted molar refractivity (Wildman–Crippen MR) is 142 cm³/mol. The number of hydrogen-bond donors (Lipinski definition) is 1. The normalized spacial score (nSPS) is 17.6. The molecule has 0 saturated carbocycles. The third-order valence-corrected chi connectivity index (χ3v) is 6.73. The average molecular weight is 494 g/mol. The molecule has 1 atom stereocenters. The summed E-state index contributed by atoms with van der Waals surface area (Å²) in [7, 11) is 0. The number of aryl methyl sites for hydroxylation is 1. The molecule has 0 unspecified atom stereocenters. The van der Waals surface area contributed by atoms with Crippen LogP contribution in [0.4, 0.5) is 11.7 Å². The van der Waals surface area contributed by atoms with Gasteiger partial charge in [0.1, 0.15) is 0 Å². The van der Waals surface area contributed by atoms with Crippen LogP contribution in [0.1, 0.15) is 22.3 Å². The maximum absolute atomic E-state index is 13.2. The van der Waals surface area contributed by atoms with Gasteiger partial charge >= 0.3 is 6.01 Å². The second kappa shape index (κ2) is 9.99. The van der Waals surface area contributed by atoms with Crippen molar-refractivity contribution in [1.82, 2.24) is 10.2 Å². The summed E-state index contributed by atoms with van der Waals surface area (Å²) < 4.78 is 11.4. The monoisotopic (exact) mass is 493 g/mol. The molecule has 3 aromatic carbocycles. The Morgan fingerprint density at radius 3 is 2.51 bits per heavy atom. The van der Waals surface area contributed by atoms with Gasteiger partial charge in [0.15, 0.2) is 11.9 Å². The molecule has 0 amide bonds. The lowest BCUT2D eigenvalue weighted by molar-refractivity contribution is -0.119. The number of rotatable bonds is 5. The van der Waals surface area contributed by atoms with Gasteiger partial charge in [0.05, 0.1) is 18.9 Å². The smallest absolute Gasteiger partial charge is 0.317 e. The van der Waals surface area contributed by atoms with Crippen molar-refractivity contribution < 1.29 is 13.9 Å². The van der Waals surface area contributed by atoms with Crippen LogP contribution >= 0.6 is 0 Å². The fraction of sp³-hybridized carbons (Fsp3) is 0.241. The maximum Gasteiger partial charge on any atom is 0.317 e. The van der Waals surface area contributed by atoms with Crippen molar-refractivity contribution in [2.45, 2.75) is 19.5 Å². The third kappa shape index (κ3) is 4.75. The molecule has 1 saturated heterocycles. The molecule has 0 bridgehead atoms. The molecule has 0 radical (unpaired) electrons. The van der Waals surface area contributed by atoms with Crippen LogP contribution in [0.5, 0.6) is 0 Å². The summed E-state index contributed by atoms with van der Waals surface area (Å²) in [6.45, 7) is 5.29. The Morgan fingerprint density at radius 1 is 0.919 bits per heavy atom. The molecule has 1 N–H and O–H groups in total. The Morgan fingerprint density at radius 2 is 1.70 bits per heavy atom. The predicted octanol–water partition coefficient (Wildman–Crippen LogP) is 4.28. The van der Waals surface area contributed by atoms with E-state index in [1.165, 1.54) is 5.69 Å². The van der Waals surface area contributed by atoms with Crippen LogP contribution in [0.3, 0.4) is 0 Å². The number of carbonyl (C=O) groups is 1. The van der Waals surface area contributed by atoms with Gasteiger partial charge in [-0.05, 0) is 36.2 Å². The lowest BCUT2D eigenvalue weighted by atomic mass is 9.96. The van der Waals surface area contributed by atoms with Gasteiger partial charge < -0.3 is 19.4 Å². The number of benzene rings is 3. The zero-order chi connectivity index (χ0) is 25.2. The minimum absolute atomic E-state index is 0.0659. The molecule has 6 rings (SSSR count). The van der Waals surface area contributed by atoms with E-state index in [0.29, 0.717) is 5.89 Å². The summed E-state index contributed by atoms with van der Waals surface area (Å²) in [4.78, 5) is 20.4. The van der Waals surface area contributed by atoms with Crippen LogP contribution in [-0.4, -0.2) is 54.2 Å². The SMILES string of the molecule is Cc1cc(-c2nnc(N[C@H]3N=C(c4ccccc4)c4ccccc4CC3=O)o2)ccc1N1CCOCC1. The molecule has 37 heavy (non-hydrogen) atoms. The number of nitrogens with one attached hydrogen (secondary N) is 1. The highest BCUT2D eigenvalue weighted by Gasteiger charge is 2.27. The Kier molecular flexibility index (Phi) is 6.24. The van der Waals surface area contributed by atoms with E-state index in [9.17, 15) is 4.79 Å². The van der Waals surface area contributed by atoms with E-state index in [-0.39, 0.29) is 18.2 Å². The molecule has 0 aliphatic carbocycles. The van der Waals surface area contributed by atoms with Gasteiger partial charge in [0.2, 0.25) is 5.89 Å². The Balaban J connectivity index is 1.27. The van der Waals surface area contributed by atoms with Crippen LogP contribution < -0.4 is 10.2 Å². The molecular weight excluding hydrogens is 466 g/mol. The van der Waals surface area contributed by atoms with Crippen molar-refractivity contribution in [1.29, 1.82) is 0 Å². The quantitative estimate of drug-likeness (QED) is 0.444. The molecule has 4 aromatic rings. The molecule has 2 aliphatic rings. The number of nitrogens with zero attached hydrogens (tertiary/aromatic N) is 4. The van der Waals surface area contributed by atoms with E-state index in [0.717, 1.165) is 59.8 Å². The summed E-state index contributed by atoms with van der Waals surface area (Å²) in [6.07, 6.45) is -0.585. The number of Topliss-reactive ketones (excluding diaryl/α,β-unsaturated/α-hetero) is 1. The van der Waals surface area contributed by atoms with Crippen LogP contribution in [0.25, 0.3) is 11.5 Å². The van der Waals surface area contributed by atoms with Crippen LogP contribution in [-0.2, 0) is 16.0 Å². The van der Waals surface area contributed by atoms with Crippen molar-refractivity contribution in [3.8, 4) is 11.5 Å². The molecule has 1 aromatic heterocycles. The topological polar surface area (TPSA) is 92.9 Å².